The number of ether oxygens (including phenoxy) is 1. The minimum atomic E-state index is -0.835. The van der Waals surface area contributed by atoms with Crippen molar-refractivity contribution in [3.63, 3.8) is 0 Å². The van der Waals surface area contributed by atoms with E-state index in [9.17, 15) is 9.59 Å². The van der Waals surface area contributed by atoms with Crippen molar-refractivity contribution in [3.05, 3.63) is 35.4 Å². The van der Waals surface area contributed by atoms with Crippen LogP contribution in [0.5, 0.6) is 0 Å². The molecule has 4 heteroatoms. The minimum absolute atomic E-state index is 0.0781. The van der Waals surface area contributed by atoms with Gasteiger partial charge in [-0.1, -0.05) is 18.1 Å². The molecule has 0 aliphatic rings. The fraction of sp³-hybridized carbons (Fsp3) is 0.286. The predicted octanol–water partition coefficient (Wildman–Crippen LogP) is 1.62. The number of aliphatic carboxylic acids is 1. The second-order valence-electron chi connectivity index (χ2n) is 3.56. The van der Waals surface area contributed by atoms with Gasteiger partial charge in [-0.25, -0.2) is 4.79 Å². The monoisotopic (exact) mass is 246 g/mol. The standard InChI is InChI=1S/C14H14O4/c1-2-18-14(17)9-7-12-5-3-4-11(10-12)6-8-13(15)16/h3-5,10H,2,6,8H2,1H3,(H,15,16). The highest BCUT2D eigenvalue weighted by Gasteiger charge is 1.99. The first-order chi connectivity index (χ1) is 8.61. The van der Waals surface area contributed by atoms with E-state index in [1.807, 2.05) is 6.07 Å². The highest BCUT2D eigenvalue weighted by Crippen LogP contribution is 2.06. The van der Waals surface area contributed by atoms with Crippen molar-refractivity contribution in [2.45, 2.75) is 19.8 Å². The number of carboxylic acids is 1. The Morgan fingerprint density at radius 2 is 2.17 bits per heavy atom. The molecule has 0 aromatic heterocycles. The number of rotatable bonds is 4. The molecule has 4 nitrogen and oxygen atoms in total. The smallest absolute Gasteiger partial charge is 0.384 e. The van der Waals surface area contributed by atoms with Crippen molar-refractivity contribution in [2.75, 3.05) is 6.61 Å². The van der Waals surface area contributed by atoms with E-state index >= 15 is 0 Å². The summed E-state index contributed by atoms with van der Waals surface area (Å²) >= 11 is 0. The number of hydrogen-bond donors (Lipinski definition) is 1. The summed E-state index contributed by atoms with van der Waals surface area (Å²) < 4.78 is 4.68. The van der Waals surface area contributed by atoms with Gasteiger partial charge in [-0.05, 0) is 31.0 Å². The number of aryl methyl sites for hydroxylation is 1. The Labute approximate surface area is 106 Å². The minimum Gasteiger partial charge on any atom is -0.481 e. The maximum Gasteiger partial charge on any atom is 0.384 e. The summed E-state index contributed by atoms with van der Waals surface area (Å²) in [6.45, 7) is 2.01. The highest BCUT2D eigenvalue weighted by molar-refractivity contribution is 5.89. The number of esters is 1. The van der Waals surface area contributed by atoms with Gasteiger partial charge in [0.25, 0.3) is 0 Å². The van der Waals surface area contributed by atoms with Crippen molar-refractivity contribution in [1.29, 1.82) is 0 Å². The first-order valence-corrected chi connectivity index (χ1v) is 5.61. The quantitative estimate of drug-likeness (QED) is 0.647. The largest absolute Gasteiger partial charge is 0.481 e. The van der Waals surface area contributed by atoms with Gasteiger partial charge >= 0.3 is 11.9 Å². The van der Waals surface area contributed by atoms with Crippen LogP contribution in [0.3, 0.4) is 0 Å². The molecule has 1 N–H and O–H groups in total. The van der Waals surface area contributed by atoms with E-state index in [4.69, 9.17) is 5.11 Å². The Kier molecular flexibility index (Phi) is 5.46. The van der Waals surface area contributed by atoms with Crippen molar-refractivity contribution >= 4 is 11.9 Å². The van der Waals surface area contributed by atoms with Crippen LogP contribution < -0.4 is 0 Å². The van der Waals surface area contributed by atoms with E-state index in [0.717, 1.165) is 5.56 Å². The Bertz CT molecular complexity index is 494. The topological polar surface area (TPSA) is 63.6 Å². The molecule has 1 rings (SSSR count). The summed E-state index contributed by atoms with van der Waals surface area (Å²) in [6, 6.07) is 7.15. The van der Waals surface area contributed by atoms with Crippen molar-refractivity contribution < 1.29 is 19.4 Å². The summed E-state index contributed by atoms with van der Waals surface area (Å²) in [4.78, 5) is 21.5. The van der Waals surface area contributed by atoms with Gasteiger partial charge in [0.15, 0.2) is 0 Å². The fourth-order valence-electron chi connectivity index (χ4n) is 1.35. The Balaban J connectivity index is 2.70. The van der Waals surface area contributed by atoms with Gasteiger partial charge in [0.1, 0.15) is 0 Å². The second-order valence-corrected chi connectivity index (χ2v) is 3.56. The van der Waals surface area contributed by atoms with Gasteiger partial charge < -0.3 is 9.84 Å². The van der Waals surface area contributed by atoms with Gasteiger partial charge in [-0.15, -0.1) is 0 Å². The summed E-state index contributed by atoms with van der Waals surface area (Å²) in [5, 5.41) is 8.59. The van der Waals surface area contributed by atoms with Crippen LogP contribution in [0.2, 0.25) is 0 Å². The molecule has 0 radical (unpaired) electrons. The zero-order valence-electron chi connectivity index (χ0n) is 10.1. The van der Waals surface area contributed by atoms with Crippen LogP contribution in [-0.2, 0) is 20.7 Å². The van der Waals surface area contributed by atoms with E-state index in [0.29, 0.717) is 18.6 Å². The molecule has 1 aromatic rings. The first kappa shape index (κ1) is 13.8. The second kappa shape index (κ2) is 7.13. The summed E-state index contributed by atoms with van der Waals surface area (Å²) in [5.41, 5.74) is 1.55. The maximum atomic E-state index is 11.0. The summed E-state index contributed by atoms with van der Waals surface area (Å²) in [7, 11) is 0. The molecule has 0 saturated carbocycles. The average Bonchev–Trinajstić information content (AvgIpc) is 2.35. The molecule has 0 heterocycles. The van der Waals surface area contributed by atoms with E-state index in [1.54, 1.807) is 25.1 Å². The van der Waals surface area contributed by atoms with Gasteiger partial charge in [0.2, 0.25) is 0 Å². The van der Waals surface area contributed by atoms with Crippen LogP contribution in [0.4, 0.5) is 0 Å². The van der Waals surface area contributed by atoms with E-state index < -0.39 is 11.9 Å². The number of carbonyl (C=O) groups excluding carboxylic acids is 1. The lowest BCUT2D eigenvalue weighted by Crippen LogP contribution is -1.99. The van der Waals surface area contributed by atoms with E-state index in [-0.39, 0.29) is 6.42 Å². The summed E-state index contributed by atoms with van der Waals surface area (Å²) in [6.07, 6.45) is 0.527. The molecule has 0 atom stereocenters. The van der Waals surface area contributed by atoms with Gasteiger partial charge in [-0.2, -0.15) is 0 Å². The molecule has 1 aromatic carbocycles. The van der Waals surface area contributed by atoms with Gasteiger partial charge in [0, 0.05) is 17.9 Å². The number of benzene rings is 1. The molecular formula is C14H14O4. The zero-order chi connectivity index (χ0) is 13.4. The summed E-state index contributed by atoms with van der Waals surface area (Å²) in [5.74, 6) is 3.65. The lowest BCUT2D eigenvalue weighted by Gasteiger charge is -1.99. The molecule has 0 amide bonds. The molecule has 0 saturated heterocycles. The molecule has 18 heavy (non-hydrogen) atoms. The van der Waals surface area contributed by atoms with Crippen LogP contribution >= 0.6 is 0 Å². The first-order valence-electron chi connectivity index (χ1n) is 5.61. The fourth-order valence-corrected chi connectivity index (χ4v) is 1.35. The normalized spacial score (nSPS) is 9.17. The van der Waals surface area contributed by atoms with Crippen LogP contribution in [0.25, 0.3) is 0 Å². The third-order valence-electron chi connectivity index (χ3n) is 2.14. The Morgan fingerprint density at radius 3 is 2.83 bits per heavy atom. The lowest BCUT2D eigenvalue weighted by molar-refractivity contribution is -0.137. The number of hydrogen-bond acceptors (Lipinski definition) is 3. The molecule has 0 unspecified atom stereocenters. The number of carboxylic acid groups (broad SMARTS) is 1. The number of carbonyl (C=O) groups is 2. The highest BCUT2D eigenvalue weighted by atomic mass is 16.5. The Morgan fingerprint density at radius 1 is 1.39 bits per heavy atom. The molecule has 0 aliphatic carbocycles. The van der Waals surface area contributed by atoms with Gasteiger partial charge in [0.05, 0.1) is 6.61 Å². The van der Waals surface area contributed by atoms with Crippen molar-refractivity contribution in [3.8, 4) is 11.8 Å². The molecule has 0 aliphatic heterocycles. The van der Waals surface area contributed by atoms with Crippen LogP contribution in [0.1, 0.15) is 24.5 Å². The van der Waals surface area contributed by atoms with Crippen molar-refractivity contribution in [2.24, 2.45) is 0 Å². The molecule has 0 fully saturated rings. The van der Waals surface area contributed by atoms with E-state index in [1.165, 1.54) is 0 Å². The van der Waals surface area contributed by atoms with Gasteiger partial charge in [-0.3, -0.25) is 4.79 Å². The maximum absolute atomic E-state index is 11.0. The SMILES string of the molecule is CCOC(=O)C#Cc1cccc(CCC(=O)O)c1. The molecule has 0 bridgehead atoms. The van der Waals surface area contributed by atoms with Crippen LogP contribution in [0, 0.1) is 11.8 Å². The zero-order valence-corrected chi connectivity index (χ0v) is 10.1. The predicted molar refractivity (Wildman–Crippen MR) is 65.9 cm³/mol. The lowest BCUT2D eigenvalue weighted by atomic mass is 10.1. The van der Waals surface area contributed by atoms with E-state index in [2.05, 4.69) is 16.6 Å². The third-order valence-corrected chi connectivity index (χ3v) is 2.14. The molecule has 0 spiro atoms. The Hall–Kier alpha value is -2.28. The van der Waals surface area contributed by atoms with Crippen molar-refractivity contribution in [1.82, 2.24) is 0 Å². The third kappa shape index (κ3) is 5.17. The van der Waals surface area contributed by atoms with Crippen LogP contribution in [0.15, 0.2) is 24.3 Å². The van der Waals surface area contributed by atoms with Crippen LogP contribution in [-0.4, -0.2) is 23.7 Å². The molecule has 94 valence electrons. The molecular weight excluding hydrogens is 232 g/mol. The average molecular weight is 246 g/mol.